The molecule has 2 rings (SSSR count). The lowest BCUT2D eigenvalue weighted by atomic mass is 9.94. The van der Waals surface area contributed by atoms with Crippen LogP contribution >= 0.6 is 0 Å². The van der Waals surface area contributed by atoms with Crippen molar-refractivity contribution < 1.29 is 14.3 Å². The molecule has 0 bridgehead atoms. The number of rotatable bonds is 2. The molecule has 0 aromatic carbocycles. The van der Waals surface area contributed by atoms with E-state index >= 15 is 0 Å². The van der Waals surface area contributed by atoms with Gasteiger partial charge in [-0.05, 0) is 19.2 Å². The third kappa shape index (κ3) is 1.53. The number of aliphatic carboxylic acids is 1. The van der Waals surface area contributed by atoms with Gasteiger partial charge in [-0.25, -0.2) is 0 Å². The van der Waals surface area contributed by atoms with E-state index in [0.29, 0.717) is 6.54 Å². The molecule has 1 saturated heterocycles. The van der Waals surface area contributed by atoms with Crippen LogP contribution < -0.4 is 0 Å². The lowest BCUT2D eigenvalue weighted by Crippen LogP contribution is -2.21. The number of hydrogen-bond donors (Lipinski definition) is 1. The molecule has 1 aromatic rings. The summed E-state index contributed by atoms with van der Waals surface area (Å²) in [6.45, 7) is 1.35. The van der Waals surface area contributed by atoms with E-state index < -0.39 is 5.97 Å². The Kier molecular flexibility index (Phi) is 2.29. The van der Waals surface area contributed by atoms with Crippen LogP contribution in [0.1, 0.15) is 11.7 Å². The third-order valence-electron chi connectivity index (χ3n) is 2.73. The molecule has 76 valence electrons. The van der Waals surface area contributed by atoms with Crippen LogP contribution in [0.3, 0.4) is 0 Å². The largest absolute Gasteiger partial charge is 0.481 e. The third-order valence-corrected chi connectivity index (χ3v) is 2.73. The zero-order valence-electron chi connectivity index (χ0n) is 8.01. The Morgan fingerprint density at radius 3 is 3.00 bits per heavy atom. The zero-order chi connectivity index (χ0) is 10.1. The fourth-order valence-corrected chi connectivity index (χ4v) is 2.04. The number of carboxylic acids is 1. The standard InChI is InChI=1S/C10H13NO3/c1-11-5-7(8(6-11)10(12)13)9-3-2-4-14-9/h2-4,7-8H,5-6H2,1H3,(H,12,13)/t7-,8-/m0/s1. The summed E-state index contributed by atoms with van der Waals surface area (Å²) in [4.78, 5) is 13.0. The minimum Gasteiger partial charge on any atom is -0.481 e. The summed E-state index contributed by atoms with van der Waals surface area (Å²) < 4.78 is 5.26. The average molecular weight is 195 g/mol. The lowest BCUT2D eigenvalue weighted by molar-refractivity contribution is -0.141. The highest BCUT2D eigenvalue weighted by molar-refractivity contribution is 5.72. The maximum atomic E-state index is 11.0. The van der Waals surface area contributed by atoms with Crippen molar-refractivity contribution in [1.82, 2.24) is 4.90 Å². The Bertz CT molecular complexity index is 320. The van der Waals surface area contributed by atoms with Crippen LogP contribution in [0.4, 0.5) is 0 Å². The summed E-state index contributed by atoms with van der Waals surface area (Å²) in [5.41, 5.74) is 0. The minimum atomic E-state index is -0.740. The average Bonchev–Trinajstić information content (AvgIpc) is 2.70. The van der Waals surface area contributed by atoms with Gasteiger partial charge in [-0.1, -0.05) is 0 Å². The maximum absolute atomic E-state index is 11.0. The van der Waals surface area contributed by atoms with E-state index in [4.69, 9.17) is 9.52 Å². The van der Waals surface area contributed by atoms with Gasteiger partial charge in [-0.15, -0.1) is 0 Å². The minimum absolute atomic E-state index is 0.00694. The molecule has 0 aliphatic carbocycles. The first-order chi connectivity index (χ1) is 6.68. The van der Waals surface area contributed by atoms with E-state index in [1.54, 1.807) is 12.3 Å². The van der Waals surface area contributed by atoms with Crippen LogP contribution in [0.25, 0.3) is 0 Å². The van der Waals surface area contributed by atoms with Crippen molar-refractivity contribution in [3.05, 3.63) is 24.2 Å². The normalized spacial score (nSPS) is 28.1. The molecule has 4 nitrogen and oxygen atoms in total. The van der Waals surface area contributed by atoms with Crippen molar-refractivity contribution >= 4 is 5.97 Å². The molecule has 2 heterocycles. The number of carbonyl (C=O) groups is 1. The van der Waals surface area contributed by atoms with Crippen LogP contribution in [0, 0.1) is 5.92 Å². The van der Waals surface area contributed by atoms with E-state index in [2.05, 4.69) is 0 Å². The van der Waals surface area contributed by atoms with E-state index in [0.717, 1.165) is 12.3 Å². The van der Waals surface area contributed by atoms with Gasteiger partial charge in [0.05, 0.1) is 12.2 Å². The first-order valence-electron chi connectivity index (χ1n) is 4.63. The van der Waals surface area contributed by atoms with Crippen LogP contribution in [0.5, 0.6) is 0 Å². The van der Waals surface area contributed by atoms with E-state index in [1.807, 2.05) is 18.0 Å². The number of carboxylic acid groups (broad SMARTS) is 1. The molecule has 4 heteroatoms. The van der Waals surface area contributed by atoms with Crippen LogP contribution in [-0.4, -0.2) is 36.1 Å². The summed E-state index contributed by atoms with van der Waals surface area (Å²) in [5.74, 6) is -0.309. The Morgan fingerprint density at radius 1 is 1.64 bits per heavy atom. The molecule has 14 heavy (non-hydrogen) atoms. The van der Waals surface area contributed by atoms with Crippen LogP contribution in [-0.2, 0) is 4.79 Å². The summed E-state index contributed by atoms with van der Waals surface area (Å²) >= 11 is 0. The van der Waals surface area contributed by atoms with Crippen LogP contribution in [0.15, 0.2) is 22.8 Å². The van der Waals surface area contributed by atoms with Gasteiger partial charge in [0.25, 0.3) is 0 Å². The highest BCUT2D eigenvalue weighted by Crippen LogP contribution is 2.32. The van der Waals surface area contributed by atoms with Gasteiger partial charge in [0.15, 0.2) is 0 Å². The molecule has 0 spiro atoms. The second-order valence-electron chi connectivity index (χ2n) is 3.79. The van der Waals surface area contributed by atoms with Crippen molar-refractivity contribution in [3.63, 3.8) is 0 Å². The predicted octanol–water partition coefficient (Wildman–Crippen LogP) is 1.01. The molecular weight excluding hydrogens is 182 g/mol. The number of nitrogens with zero attached hydrogens (tertiary/aromatic N) is 1. The molecule has 1 aromatic heterocycles. The van der Waals surface area contributed by atoms with Gasteiger partial charge >= 0.3 is 5.97 Å². The number of likely N-dealkylation sites (N-methyl/N-ethyl adjacent to an activating group) is 1. The monoisotopic (exact) mass is 195 g/mol. The highest BCUT2D eigenvalue weighted by Gasteiger charge is 2.38. The van der Waals surface area contributed by atoms with E-state index in [9.17, 15) is 4.79 Å². The first kappa shape index (κ1) is 9.27. The molecule has 0 radical (unpaired) electrons. The highest BCUT2D eigenvalue weighted by atomic mass is 16.4. The van der Waals surface area contributed by atoms with Gasteiger partial charge in [0.1, 0.15) is 5.76 Å². The second kappa shape index (κ2) is 3.46. The van der Waals surface area contributed by atoms with Gasteiger partial charge in [-0.2, -0.15) is 0 Å². The van der Waals surface area contributed by atoms with Crippen molar-refractivity contribution in [2.75, 3.05) is 20.1 Å². The SMILES string of the molecule is CN1C[C@H](C(=O)O)[C@@H](c2ccco2)C1. The van der Waals surface area contributed by atoms with Gasteiger partial charge in [0.2, 0.25) is 0 Å². The summed E-state index contributed by atoms with van der Waals surface area (Å²) in [7, 11) is 1.93. The van der Waals surface area contributed by atoms with Gasteiger partial charge < -0.3 is 14.4 Å². The van der Waals surface area contributed by atoms with Crippen molar-refractivity contribution in [3.8, 4) is 0 Å². The quantitative estimate of drug-likeness (QED) is 0.765. The van der Waals surface area contributed by atoms with Crippen molar-refractivity contribution in [2.24, 2.45) is 5.92 Å². The maximum Gasteiger partial charge on any atom is 0.308 e. The van der Waals surface area contributed by atoms with Crippen molar-refractivity contribution in [1.29, 1.82) is 0 Å². The molecule has 1 aliphatic rings. The molecule has 0 unspecified atom stereocenters. The molecule has 1 fully saturated rings. The molecule has 1 aliphatic heterocycles. The Labute approximate surface area is 82.1 Å². The molecule has 1 N–H and O–H groups in total. The fourth-order valence-electron chi connectivity index (χ4n) is 2.04. The topological polar surface area (TPSA) is 53.7 Å². The first-order valence-corrected chi connectivity index (χ1v) is 4.63. The van der Waals surface area contributed by atoms with Crippen molar-refractivity contribution in [2.45, 2.75) is 5.92 Å². The summed E-state index contributed by atoms with van der Waals surface area (Å²) in [5, 5.41) is 9.03. The summed E-state index contributed by atoms with van der Waals surface area (Å²) in [6, 6.07) is 3.65. The molecule has 0 amide bonds. The Morgan fingerprint density at radius 2 is 2.43 bits per heavy atom. The zero-order valence-corrected chi connectivity index (χ0v) is 8.01. The van der Waals surface area contributed by atoms with Gasteiger partial charge in [0, 0.05) is 19.0 Å². The number of likely N-dealkylation sites (tertiary alicyclic amines) is 1. The predicted molar refractivity (Wildman–Crippen MR) is 50.1 cm³/mol. The Hall–Kier alpha value is -1.29. The van der Waals surface area contributed by atoms with Gasteiger partial charge in [-0.3, -0.25) is 4.79 Å². The lowest BCUT2D eigenvalue weighted by Gasteiger charge is -2.10. The van der Waals surface area contributed by atoms with E-state index in [1.165, 1.54) is 0 Å². The number of hydrogen-bond acceptors (Lipinski definition) is 3. The summed E-state index contributed by atoms with van der Waals surface area (Å²) in [6.07, 6.45) is 1.59. The van der Waals surface area contributed by atoms with Crippen LogP contribution in [0.2, 0.25) is 0 Å². The van der Waals surface area contributed by atoms with E-state index in [-0.39, 0.29) is 11.8 Å². The number of furan rings is 1. The Balaban J connectivity index is 2.21. The fraction of sp³-hybridized carbons (Fsp3) is 0.500. The molecule has 2 atom stereocenters. The smallest absolute Gasteiger partial charge is 0.308 e. The molecule has 0 saturated carbocycles. The second-order valence-corrected chi connectivity index (χ2v) is 3.79. The molecular formula is C10H13NO3.